The van der Waals surface area contributed by atoms with Crippen LogP contribution in [0.5, 0.6) is 0 Å². The number of halogens is 3. The molecule has 1 unspecified atom stereocenters. The topological polar surface area (TPSA) is 108 Å². The van der Waals surface area contributed by atoms with Gasteiger partial charge in [-0.25, -0.2) is 27.7 Å². The van der Waals surface area contributed by atoms with Crippen molar-refractivity contribution < 1.29 is 26.7 Å². The summed E-state index contributed by atoms with van der Waals surface area (Å²) in [6.07, 6.45) is -1.88. The molecule has 2 N–H and O–H groups in total. The van der Waals surface area contributed by atoms with Crippen LogP contribution >= 0.6 is 11.3 Å². The van der Waals surface area contributed by atoms with Crippen LogP contribution in [0.4, 0.5) is 24.8 Å². The summed E-state index contributed by atoms with van der Waals surface area (Å²) in [5, 5.41) is 13.6. The smallest absolute Gasteiger partial charge is 0.395 e. The van der Waals surface area contributed by atoms with Crippen LogP contribution in [0.3, 0.4) is 0 Å². The number of hydrogen-bond donors (Lipinski definition) is 2. The van der Waals surface area contributed by atoms with Crippen molar-refractivity contribution in [3.05, 3.63) is 82.8 Å². The molecule has 0 amide bonds. The normalized spacial score (nSPS) is 13.1. The second-order valence-corrected chi connectivity index (χ2v) is 11.8. The van der Waals surface area contributed by atoms with Crippen molar-refractivity contribution in [2.75, 3.05) is 26.0 Å². The van der Waals surface area contributed by atoms with E-state index in [1.54, 1.807) is 30.5 Å². The lowest BCUT2D eigenvalue weighted by Gasteiger charge is -2.14. The number of thiazole rings is 1. The second kappa shape index (κ2) is 10.8. The maximum absolute atomic E-state index is 13.0. The third-order valence-electron chi connectivity index (χ3n) is 5.63. The zero-order valence-electron chi connectivity index (χ0n) is 20.6. The highest BCUT2D eigenvalue weighted by Crippen LogP contribution is 2.35. The number of hydrogen-bond acceptors (Lipinski definition) is 8. The van der Waals surface area contributed by atoms with Crippen molar-refractivity contribution >= 4 is 33.0 Å². The number of alkyl halides is 3. The number of aryl methyl sites for hydroxylation is 1. The standard InChI is InChI=1S/C25H24F3N5O3S2/c1-15-10-17(12-18(11-15)31-24-29-9-8-22(32-24)25(26,27)28)21-13-30-23(37-21)20(14-34)16-4-6-19(7-5-16)38(35,36)33(2)3/h4-13,20,34H,14H2,1-3H3,(H,29,31,32). The number of rotatable bonds is 8. The predicted octanol–water partition coefficient (Wildman–Crippen LogP) is 5.05. The van der Waals surface area contributed by atoms with Gasteiger partial charge < -0.3 is 10.4 Å². The molecule has 0 aliphatic heterocycles. The van der Waals surface area contributed by atoms with Gasteiger partial charge in [-0.1, -0.05) is 18.2 Å². The zero-order chi connectivity index (χ0) is 27.7. The molecule has 0 aliphatic carbocycles. The molecular formula is C25H24F3N5O3S2. The van der Waals surface area contributed by atoms with Gasteiger partial charge in [0.1, 0.15) is 10.7 Å². The summed E-state index contributed by atoms with van der Waals surface area (Å²) in [5.74, 6) is -0.646. The molecule has 0 saturated carbocycles. The molecule has 4 rings (SSSR count). The predicted molar refractivity (Wildman–Crippen MR) is 139 cm³/mol. The van der Waals surface area contributed by atoms with Gasteiger partial charge in [0.2, 0.25) is 16.0 Å². The summed E-state index contributed by atoms with van der Waals surface area (Å²) in [7, 11) is -0.668. The van der Waals surface area contributed by atoms with E-state index in [0.29, 0.717) is 16.3 Å². The highest BCUT2D eigenvalue weighted by Gasteiger charge is 2.32. The van der Waals surface area contributed by atoms with Gasteiger partial charge in [0.25, 0.3) is 0 Å². The minimum atomic E-state index is -4.58. The fourth-order valence-corrected chi connectivity index (χ4v) is 5.62. The fraction of sp³-hybridized carbons (Fsp3) is 0.240. The Kier molecular flexibility index (Phi) is 7.83. The van der Waals surface area contributed by atoms with E-state index < -0.39 is 27.8 Å². The Morgan fingerprint density at radius 2 is 1.79 bits per heavy atom. The van der Waals surface area contributed by atoms with Crippen LogP contribution in [0.2, 0.25) is 0 Å². The molecule has 2 heterocycles. The van der Waals surface area contributed by atoms with Gasteiger partial charge in [-0.2, -0.15) is 13.2 Å². The van der Waals surface area contributed by atoms with E-state index in [9.17, 15) is 26.7 Å². The Labute approximate surface area is 221 Å². The highest BCUT2D eigenvalue weighted by atomic mass is 32.2. The number of nitrogens with zero attached hydrogens (tertiary/aromatic N) is 4. The summed E-state index contributed by atoms with van der Waals surface area (Å²) in [5.41, 5.74) is 1.79. The maximum atomic E-state index is 13.0. The van der Waals surface area contributed by atoms with E-state index in [2.05, 4.69) is 20.3 Å². The molecule has 0 radical (unpaired) electrons. The van der Waals surface area contributed by atoms with E-state index in [1.165, 1.54) is 37.6 Å². The van der Waals surface area contributed by atoms with Gasteiger partial charge in [-0.3, -0.25) is 0 Å². The largest absolute Gasteiger partial charge is 0.433 e. The van der Waals surface area contributed by atoms with E-state index in [4.69, 9.17) is 0 Å². The van der Waals surface area contributed by atoms with Gasteiger partial charge in [-0.15, -0.1) is 11.3 Å². The number of benzene rings is 2. The van der Waals surface area contributed by atoms with Crippen LogP contribution in [-0.2, 0) is 16.2 Å². The minimum absolute atomic E-state index is 0.146. The third-order valence-corrected chi connectivity index (χ3v) is 8.62. The van der Waals surface area contributed by atoms with Crippen LogP contribution in [0.15, 0.2) is 65.8 Å². The van der Waals surface area contributed by atoms with Crippen molar-refractivity contribution in [2.45, 2.75) is 23.9 Å². The number of anilines is 2. The molecule has 0 aliphatic rings. The van der Waals surface area contributed by atoms with Gasteiger partial charge in [-0.05, 0) is 53.9 Å². The summed E-state index contributed by atoms with van der Waals surface area (Å²) in [4.78, 5) is 12.8. The number of aliphatic hydroxyl groups excluding tert-OH is 1. The molecule has 38 heavy (non-hydrogen) atoms. The van der Waals surface area contributed by atoms with Crippen molar-refractivity contribution in [3.8, 4) is 10.4 Å². The van der Waals surface area contributed by atoms with Crippen molar-refractivity contribution in [3.63, 3.8) is 0 Å². The fourth-order valence-electron chi connectivity index (χ4n) is 3.69. The Bertz CT molecular complexity index is 1540. The van der Waals surface area contributed by atoms with Crippen LogP contribution in [0.25, 0.3) is 10.4 Å². The summed E-state index contributed by atoms with van der Waals surface area (Å²) in [6, 6.07) is 12.5. The van der Waals surface area contributed by atoms with Crippen molar-refractivity contribution in [1.82, 2.24) is 19.3 Å². The average molecular weight is 564 g/mol. The number of sulfonamides is 1. The first-order chi connectivity index (χ1) is 17.9. The van der Waals surface area contributed by atoms with E-state index >= 15 is 0 Å². The molecule has 0 saturated heterocycles. The van der Waals surface area contributed by atoms with E-state index in [0.717, 1.165) is 32.6 Å². The lowest BCUT2D eigenvalue weighted by atomic mass is 10.0. The zero-order valence-corrected chi connectivity index (χ0v) is 22.2. The quantitative estimate of drug-likeness (QED) is 0.309. The second-order valence-electron chi connectivity index (χ2n) is 8.63. The Hall–Kier alpha value is -3.39. The molecular weight excluding hydrogens is 539 g/mol. The van der Waals surface area contributed by atoms with Crippen LogP contribution in [-0.4, -0.2) is 53.5 Å². The lowest BCUT2D eigenvalue weighted by molar-refractivity contribution is -0.141. The number of aromatic nitrogens is 3. The Morgan fingerprint density at radius 3 is 2.42 bits per heavy atom. The number of nitrogens with one attached hydrogen (secondary N) is 1. The molecule has 0 fully saturated rings. The van der Waals surface area contributed by atoms with Crippen LogP contribution in [0.1, 0.15) is 27.7 Å². The first kappa shape index (κ1) is 27.6. The average Bonchev–Trinajstić information content (AvgIpc) is 3.34. The van der Waals surface area contributed by atoms with Gasteiger partial charge >= 0.3 is 6.18 Å². The molecule has 8 nitrogen and oxygen atoms in total. The van der Waals surface area contributed by atoms with E-state index in [1.807, 2.05) is 13.0 Å². The first-order valence-electron chi connectivity index (χ1n) is 11.3. The molecule has 0 spiro atoms. The first-order valence-corrected chi connectivity index (χ1v) is 13.5. The van der Waals surface area contributed by atoms with Crippen molar-refractivity contribution in [1.29, 1.82) is 0 Å². The molecule has 1 atom stereocenters. The minimum Gasteiger partial charge on any atom is -0.395 e. The van der Waals surface area contributed by atoms with Crippen LogP contribution < -0.4 is 5.32 Å². The molecule has 0 bridgehead atoms. The van der Waals surface area contributed by atoms with Gasteiger partial charge in [0, 0.05) is 32.2 Å². The lowest BCUT2D eigenvalue weighted by Crippen LogP contribution is -2.22. The van der Waals surface area contributed by atoms with E-state index in [-0.39, 0.29) is 17.5 Å². The maximum Gasteiger partial charge on any atom is 0.433 e. The monoisotopic (exact) mass is 563 g/mol. The molecule has 200 valence electrons. The Balaban J connectivity index is 1.59. The Morgan fingerprint density at radius 1 is 1.08 bits per heavy atom. The number of aliphatic hydroxyl groups is 1. The summed E-state index contributed by atoms with van der Waals surface area (Å²) < 4.78 is 64.9. The van der Waals surface area contributed by atoms with Gasteiger partial charge in [0.05, 0.1) is 22.3 Å². The summed E-state index contributed by atoms with van der Waals surface area (Å²) >= 11 is 1.35. The van der Waals surface area contributed by atoms with Gasteiger partial charge in [0.15, 0.2) is 0 Å². The molecule has 13 heteroatoms. The summed E-state index contributed by atoms with van der Waals surface area (Å²) in [6.45, 7) is 1.61. The van der Waals surface area contributed by atoms with Crippen molar-refractivity contribution in [2.24, 2.45) is 0 Å². The molecule has 2 aromatic heterocycles. The SMILES string of the molecule is Cc1cc(Nc2nccc(C(F)(F)F)n2)cc(-c2cnc(C(CO)c3ccc(S(=O)(=O)N(C)C)cc3)s2)c1. The molecule has 4 aromatic rings. The molecule has 2 aromatic carbocycles. The highest BCUT2D eigenvalue weighted by molar-refractivity contribution is 7.89. The third kappa shape index (κ3) is 6.01. The van der Waals surface area contributed by atoms with Crippen LogP contribution in [0, 0.1) is 6.92 Å².